The normalized spacial score (nSPS) is 24.1. The van der Waals surface area contributed by atoms with Crippen molar-refractivity contribution in [2.45, 2.75) is 30.6 Å². The van der Waals surface area contributed by atoms with Crippen LogP contribution in [0.5, 0.6) is 0 Å². The fourth-order valence-electron chi connectivity index (χ4n) is 3.16. The van der Waals surface area contributed by atoms with Crippen LogP contribution in [0.4, 0.5) is 13.2 Å². The van der Waals surface area contributed by atoms with E-state index in [9.17, 15) is 13.2 Å². The molecule has 0 N–H and O–H groups in total. The van der Waals surface area contributed by atoms with Crippen molar-refractivity contribution < 1.29 is 13.2 Å². The van der Waals surface area contributed by atoms with E-state index in [-0.39, 0.29) is 6.54 Å². The van der Waals surface area contributed by atoms with Crippen LogP contribution in [0.2, 0.25) is 0 Å². The third-order valence-corrected chi connectivity index (χ3v) is 4.10. The molecule has 1 heterocycles. The van der Waals surface area contributed by atoms with Crippen LogP contribution < -0.4 is 0 Å². The number of azide groups is 1. The molecule has 1 spiro atoms. The monoisotopic (exact) mass is 282 g/mol. The summed E-state index contributed by atoms with van der Waals surface area (Å²) in [6, 6.07) is 6.80. The summed E-state index contributed by atoms with van der Waals surface area (Å²) in [5.74, 6) is 0. The lowest BCUT2D eigenvalue weighted by Gasteiger charge is -2.40. The molecule has 3 rings (SSSR count). The number of hydrogen-bond donors (Lipinski definition) is 0. The van der Waals surface area contributed by atoms with Crippen molar-refractivity contribution in [3.05, 3.63) is 45.8 Å². The van der Waals surface area contributed by atoms with Gasteiger partial charge in [0.1, 0.15) is 0 Å². The van der Waals surface area contributed by atoms with Crippen LogP contribution in [-0.4, -0.2) is 24.2 Å². The third-order valence-electron chi connectivity index (χ3n) is 4.10. The number of alkyl halides is 3. The van der Waals surface area contributed by atoms with Gasteiger partial charge < -0.3 is 0 Å². The summed E-state index contributed by atoms with van der Waals surface area (Å²) in [4.78, 5) is 4.20. The van der Waals surface area contributed by atoms with E-state index in [4.69, 9.17) is 5.53 Å². The van der Waals surface area contributed by atoms with E-state index in [0.717, 1.165) is 24.0 Å². The van der Waals surface area contributed by atoms with Gasteiger partial charge in [0.05, 0.1) is 12.6 Å². The van der Waals surface area contributed by atoms with Gasteiger partial charge in [0, 0.05) is 17.0 Å². The van der Waals surface area contributed by atoms with Crippen molar-refractivity contribution in [1.82, 2.24) is 4.90 Å². The van der Waals surface area contributed by atoms with E-state index in [1.54, 1.807) is 0 Å². The molecule has 0 saturated heterocycles. The maximum Gasteiger partial charge on any atom is 0.401 e. The van der Waals surface area contributed by atoms with E-state index in [2.05, 4.69) is 10.0 Å². The Labute approximate surface area is 113 Å². The van der Waals surface area contributed by atoms with Crippen LogP contribution in [0.1, 0.15) is 30.0 Å². The lowest BCUT2D eigenvalue weighted by molar-refractivity contribution is -0.155. The first kappa shape index (κ1) is 13.3. The second-order valence-electron chi connectivity index (χ2n) is 5.34. The van der Waals surface area contributed by atoms with Crippen LogP contribution >= 0.6 is 0 Å². The van der Waals surface area contributed by atoms with Gasteiger partial charge in [-0.15, -0.1) is 0 Å². The molecule has 7 heteroatoms. The zero-order chi connectivity index (χ0) is 14.4. The molecule has 0 amide bonds. The van der Waals surface area contributed by atoms with E-state index in [1.165, 1.54) is 4.90 Å². The molecular weight excluding hydrogens is 269 g/mol. The lowest BCUT2D eigenvalue weighted by Crippen LogP contribution is -2.47. The van der Waals surface area contributed by atoms with Crippen molar-refractivity contribution in [2.75, 3.05) is 13.1 Å². The molecule has 1 aromatic rings. The number of rotatable bonds is 2. The molecule has 1 aliphatic heterocycles. The molecule has 20 heavy (non-hydrogen) atoms. The molecule has 0 aromatic heterocycles. The van der Waals surface area contributed by atoms with Crippen LogP contribution in [0.3, 0.4) is 0 Å². The van der Waals surface area contributed by atoms with Gasteiger partial charge in [0.25, 0.3) is 0 Å². The Kier molecular flexibility index (Phi) is 2.92. The number of fused-ring (bicyclic) bond motifs is 2. The Morgan fingerprint density at radius 2 is 2.05 bits per heavy atom. The van der Waals surface area contributed by atoms with Gasteiger partial charge in [0.2, 0.25) is 0 Å². The zero-order valence-electron chi connectivity index (χ0n) is 10.6. The Bertz CT molecular complexity index is 573. The average Bonchev–Trinajstić information content (AvgIpc) is 3.16. The Morgan fingerprint density at radius 3 is 2.65 bits per heavy atom. The van der Waals surface area contributed by atoms with E-state index < -0.39 is 24.3 Å². The minimum atomic E-state index is -4.25. The topological polar surface area (TPSA) is 52.0 Å². The van der Waals surface area contributed by atoms with Crippen LogP contribution in [0, 0.1) is 0 Å². The summed E-state index contributed by atoms with van der Waals surface area (Å²) in [7, 11) is 0. The summed E-state index contributed by atoms with van der Waals surface area (Å²) in [5.41, 5.74) is 9.86. The molecule has 1 unspecified atom stereocenters. The molecule has 2 aliphatic rings. The smallest absolute Gasteiger partial charge is 0.284 e. The molecule has 1 saturated carbocycles. The lowest BCUT2D eigenvalue weighted by atomic mass is 9.88. The van der Waals surface area contributed by atoms with Gasteiger partial charge in [-0.25, -0.2) is 0 Å². The fraction of sp³-hybridized carbons (Fsp3) is 0.538. The fourth-order valence-corrected chi connectivity index (χ4v) is 3.16. The van der Waals surface area contributed by atoms with Crippen molar-refractivity contribution in [3.63, 3.8) is 0 Å². The largest absolute Gasteiger partial charge is 0.401 e. The maximum atomic E-state index is 12.8. The van der Waals surface area contributed by atoms with Gasteiger partial charge in [0.15, 0.2) is 0 Å². The highest BCUT2D eigenvalue weighted by Gasteiger charge is 2.55. The highest BCUT2D eigenvalue weighted by Crippen LogP contribution is 2.56. The number of halogens is 3. The summed E-state index contributed by atoms with van der Waals surface area (Å²) in [6.45, 7) is -0.834. The predicted molar refractivity (Wildman–Crippen MR) is 66.9 cm³/mol. The van der Waals surface area contributed by atoms with Crippen molar-refractivity contribution in [3.8, 4) is 0 Å². The number of hydrogen-bond acceptors (Lipinski definition) is 2. The molecule has 4 nitrogen and oxygen atoms in total. The molecular formula is C13H13F3N4. The Balaban J connectivity index is 2.03. The molecule has 0 radical (unpaired) electrons. The minimum Gasteiger partial charge on any atom is -0.284 e. The highest BCUT2D eigenvalue weighted by molar-refractivity contribution is 5.42. The molecule has 1 aliphatic carbocycles. The molecule has 0 bridgehead atoms. The van der Waals surface area contributed by atoms with E-state index >= 15 is 0 Å². The minimum absolute atomic E-state index is 0.126. The SMILES string of the molecule is [N-]=[N+]=NC1CN(CC(F)(F)F)C2(CC2)c2ccccc21. The van der Waals surface area contributed by atoms with Crippen LogP contribution in [0.15, 0.2) is 29.4 Å². The first-order valence-corrected chi connectivity index (χ1v) is 6.42. The summed E-state index contributed by atoms with van der Waals surface area (Å²) >= 11 is 0. The van der Waals surface area contributed by atoms with E-state index in [1.807, 2.05) is 24.3 Å². The van der Waals surface area contributed by atoms with Gasteiger partial charge in [-0.3, -0.25) is 4.90 Å². The second-order valence-corrected chi connectivity index (χ2v) is 5.34. The second kappa shape index (κ2) is 4.40. The summed E-state index contributed by atoms with van der Waals surface area (Å²) in [5, 5.41) is 3.67. The Hall–Kier alpha value is -1.72. The summed E-state index contributed by atoms with van der Waals surface area (Å²) in [6.07, 6.45) is -2.80. The first-order valence-electron chi connectivity index (χ1n) is 6.42. The quantitative estimate of drug-likeness (QED) is 0.461. The molecule has 1 aromatic carbocycles. The van der Waals surface area contributed by atoms with Gasteiger partial charge in [-0.1, -0.05) is 29.4 Å². The first-order chi connectivity index (χ1) is 9.46. The third kappa shape index (κ3) is 2.13. The Morgan fingerprint density at radius 1 is 1.35 bits per heavy atom. The van der Waals surface area contributed by atoms with Crippen molar-refractivity contribution in [1.29, 1.82) is 0 Å². The zero-order valence-corrected chi connectivity index (χ0v) is 10.6. The molecule has 1 atom stereocenters. The summed E-state index contributed by atoms with van der Waals surface area (Å²) < 4.78 is 38.3. The average molecular weight is 282 g/mol. The van der Waals surface area contributed by atoms with Gasteiger partial charge >= 0.3 is 6.18 Å². The highest BCUT2D eigenvalue weighted by atomic mass is 19.4. The maximum absolute atomic E-state index is 12.8. The number of benzene rings is 1. The van der Waals surface area contributed by atoms with Crippen LogP contribution in [0.25, 0.3) is 10.4 Å². The van der Waals surface area contributed by atoms with Crippen molar-refractivity contribution in [2.24, 2.45) is 5.11 Å². The standard InChI is InChI=1S/C13H13F3N4/c14-13(15,16)8-20-7-11(18-19-17)9-3-1-2-4-10(9)12(20)5-6-12/h1-4,11H,5-8H2. The van der Waals surface area contributed by atoms with Crippen LogP contribution in [-0.2, 0) is 5.54 Å². The van der Waals surface area contributed by atoms with E-state index in [0.29, 0.717) is 0 Å². The van der Waals surface area contributed by atoms with Gasteiger partial charge in [-0.05, 0) is 29.5 Å². The molecule has 106 valence electrons. The predicted octanol–water partition coefficient (Wildman–Crippen LogP) is 3.91. The number of nitrogens with zero attached hydrogens (tertiary/aromatic N) is 4. The van der Waals surface area contributed by atoms with Crippen molar-refractivity contribution >= 4 is 0 Å². The molecule has 1 fully saturated rings. The van der Waals surface area contributed by atoms with Gasteiger partial charge in [-0.2, -0.15) is 13.2 Å².